The van der Waals surface area contributed by atoms with Crippen LogP contribution in [0.25, 0.3) is 0 Å². The summed E-state index contributed by atoms with van der Waals surface area (Å²) in [5.74, 6) is 1.44. The highest BCUT2D eigenvalue weighted by Gasteiger charge is 2.47. The van der Waals surface area contributed by atoms with E-state index in [0.717, 1.165) is 51.3 Å². The van der Waals surface area contributed by atoms with Crippen LogP contribution in [0.15, 0.2) is 24.3 Å². The van der Waals surface area contributed by atoms with Gasteiger partial charge < -0.3 is 24.3 Å². The van der Waals surface area contributed by atoms with Crippen molar-refractivity contribution in [2.24, 2.45) is 11.3 Å². The van der Waals surface area contributed by atoms with Gasteiger partial charge in [0.1, 0.15) is 5.75 Å². The summed E-state index contributed by atoms with van der Waals surface area (Å²) in [5, 5.41) is 0. The summed E-state index contributed by atoms with van der Waals surface area (Å²) in [7, 11) is 0. The molecule has 5 fully saturated rings. The number of carbonyl (C=O) groups excluding carboxylic acids is 1. The summed E-state index contributed by atoms with van der Waals surface area (Å²) >= 11 is 0. The molecule has 1 aromatic rings. The fourth-order valence-corrected chi connectivity index (χ4v) is 6.91. The summed E-state index contributed by atoms with van der Waals surface area (Å²) in [6, 6.07) is 9.84. The standard InChI is InChI=1S/C27H42N4O2/c1-4-33-24-9-7-23(8-10-24)31-19-21-17-27(2,3)25(31)20-30(18-21)26(32)29-15-11-22(12-16-29)28-13-5-6-14-28/h7-10,21-22,25H,4-6,11-20H2,1-3H3/t21-,25?/m1/s1. The van der Waals surface area contributed by atoms with Gasteiger partial charge in [-0.2, -0.15) is 0 Å². The third-order valence-electron chi connectivity index (χ3n) is 8.56. The van der Waals surface area contributed by atoms with E-state index in [1.807, 2.05) is 6.92 Å². The van der Waals surface area contributed by atoms with Crippen LogP contribution in [0.1, 0.15) is 52.9 Å². The van der Waals surface area contributed by atoms with Gasteiger partial charge in [-0.25, -0.2) is 4.79 Å². The Morgan fingerprint density at radius 2 is 1.67 bits per heavy atom. The Bertz CT molecular complexity index is 812. The first-order chi connectivity index (χ1) is 15.9. The summed E-state index contributed by atoms with van der Waals surface area (Å²) < 4.78 is 5.65. The number of piperidine rings is 2. The first-order valence-electron chi connectivity index (χ1n) is 13.2. The monoisotopic (exact) mass is 454 g/mol. The number of ether oxygens (including phenoxy) is 1. The summed E-state index contributed by atoms with van der Waals surface area (Å²) in [5.41, 5.74) is 1.43. The fraction of sp³-hybridized carbons (Fsp3) is 0.741. The number of carbonyl (C=O) groups is 1. The molecule has 0 N–H and O–H groups in total. The van der Waals surface area contributed by atoms with E-state index in [1.54, 1.807) is 0 Å². The van der Waals surface area contributed by atoms with Crippen molar-refractivity contribution >= 4 is 11.7 Å². The minimum absolute atomic E-state index is 0.180. The van der Waals surface area contributed by atoms with Gasteiger partial charge in [0, 0.05) is 44.5 Å². The lowest BCUT2D eigenvalue weighted by molar-refractivity contribution is 0.110. The van der Waals surface area contributed by atoms with Crippen LogP contribution < -0.4 is 9.64 Å². The van der Waals surface area contributed by atoms with Crippen LogP contribution in [-0.2, 0) is 0 Å². The van der Waals surface area contributed by atoms with Crippen molar-refractivity contribution in [1.82, 2.24) is 14.7 Å². The molecule has 2 bridgehead atoms. The Labute approximate surface area is 199 Å². The Morgan fingerprint density at radius 3 is 2.33 bits per heavy atom. The molecule has 5 heterocycles. The van der Waals surface area contributed by atoms with Crippen LogP contribution in [0.3, 0.4) is 0 Å². The third kappa shape index (κ3) is 4.68. The molecule has 6 rings (SSSR count). The molecular formula is C27H42N4O2. The van der Waals surface area contributed by atoms with Gasteiger partial charge in [0.15, 0.2) is 0 Å². The van der Waals surface area contributed by atoms with Gasteiger partial charge in [0.2, 0.25) is 0 Å². The summed E-state index contributed by atoms with van der Waals surface area (Å²) in [6.45, 7) is 14.6. The zero-order chi connectivity index (χ0) is 23.0. The molecule has 2 amide bonds. The number of rotatable bonds is 4. The summed E-state index contributed by atoms with van der Waals surface area (Å²) in [4.78, 5) is 23.2. The maximum absolute atomic E-state index is 13.6. The normalized spacial score (nSPS) is 28.3. The topological polar surface area (TPSA) is 39.3 Å². The van der Waals surface area contributed by atoms with Crippen LogP contribution in [0.2, 0.25) is 0 Å². The number of hydrogen-bond donors (Lipinski definition) is 0. The highest BCUT2D eigenvalue weighted by Crippen LogP contribution is 2.43. The first-order valence-corrected chi connectivity index (χ1v) is 13.2. The largest absolute Gasteiger partial charge is 0.494 e. The minimum Gasteiger partial charge on any atom is -0.494 e. The van der Waals surface area contributed by atoms with Gasteiger partial charge >= 0.3 is 6.03 Å². The number of nitrogens with zero attached hydrogens (tertiary/aromatic N) is 4. The Kier molecular flexibility index (Phi) is 6.47. The van der Waals surface area contributed by atoms with Gasteiger partial charge in [0.25, 0.3) is 0 Å². The van der Waals surface area contributed by atoms with E-state index in [-0.39, 0.29) is 11.4 Å². The van der Waals surface area contributed by atoms with Gasteiger partial charge in [0.05, 0.1) is 12.6 Å². The summed E-state index contributed by atoms with van der Waals surface area (Å²) in [6.07, 6.45) is 6.14. The quantitative estimate of drug-likeness (QED) is 0.680. The van der Waals surface area contributed by atoms with Crippen molar-refractivity contribution in [3.05, 3.63) is 24.3 Å². The van der Waals surface area contributed by atoms with Gasteiger partial charge in [-0.05, 0) is 87.7 Å². The van der Waals surface area contributed by atoms with Crippen molar-refractivity contribution in [2.75, 3.05) is 57.3 Å². The minimum atomic E-state index is 0.180. The third-order valence-corrected chi connectivity index (χ3v) is 8.56. The Balaban J connectivity index is 1.27. The van der Waals surface area contributed by atoms with E-state index in [2.05, 4.69) is 57.7 Å². The van der Waals surface area contributed by atoms with Crippen molar-refractivity contribution < 1.29 is 9.53 Å². The van der Waals surface area contributed by atoms with Gasteiger partial charge in [-0.1, -0.05) is 13.8 Å². The van der Waals surface area contributed by atoms with Crippen LogP contribution in [0.4, 0.5) is 10.5 Å². The average molecular weight is 455 g/mol. The first kappa shape index (κ1) is 22.8. The second-order valence-electron chi connectivity index (χ2n) is 11.3. The molecule has 6 heteroatoms. The number of fused-ring (bicyclic) bond motifs is 4. The molecule has 33 heavy (non-hydrogen) atoms. The lowest BCUT2D eigenvalue weighted by Gasteiger charge is -2.48. The van der Waals surface area contributed by atoms with E-state index in [1.165, 1.54) is 38.0 Å². The molecule has 2 atom stereocenters. The highest BCUT2D eigenvalue weighted by molar-refractivity contribution is 5.75. The molecule has 5 aliphatic heterocycles. The van der Waals surface area contributed by atoms with Gasteiger partial charge in [-0.3, -0.25) is 0 Å². The van der Waals surface area contributed by atoms with Gasteiger partial charge in [-0.15, -0.1) is 0 Å². The smallest absolute Gasteiger partial charge is 0.320 e. The van der Waals surface area contributed by atoms with Crippen LogP contribution in [0, 0.1) is 11.3 Å². The lowest BCUT2D eigenvalue weighted by Crippen LogP contribution is -2.55. The zero-order valence-corrected chi connectivity index (χ0v) is 20.8. The second-order valence-corrected chi connectivity index (χ2v) is 11.3. The average Bonchev–Trinajstić information content (AvgIpc) is 3.24. The van der Waals surface area contributed by atoms with Crippen LogP contribution in [-0.4, -0.2) is 85.2 Å². The highest BCUT2D eigenvalue weighted by atomic mass is 16.5. The SMILES string of the molecule is CCOc1ccc(N2C[C@H]3CN(C(=O)N4CCC(N5CCCC5)CC4)CC2C(C)(C)C3)cc1. The Hall–Kier alpha value is -1.95. The molecule has 0 spiro atoms. The van der Waals surface area contributed by atoms with E-state index < -0.39 is 0 Å². The molecule has 6 nitrogen and oxygen atoms in total. The van der Waals surface area contributed by atoms with Crippen molar-refractivity contribution in [3.8, 4) is 5.75 Å². The predicted molar refractivity (Wildman–Crippen MR) is 133 cm³/mol. The number of benzene rings is 1. The van der Waals surface area contributed by atoms with E-state index in [4.69, 9.17) is 4.74 Å². The van der Waals surface area contributed by atoms with Crippen molar-refractivity contribution in [2.45, 2.75) is 65.0 Å². The molecule has 1 unspecified atom stereocenters. The maximum Gasteiger partial charge on any atom is 0.320 e. The molecule has 0 aliphatic carbocycles. The lowest BCUT2D eigenvalue weighted by atomic mass is 9.73. The number of urea groups is 1. The van der Waals surface area contributed by atoms with E-state index >= 15 is 0 Å². The van der Waals surface area contributed by atoms with E-state index in [0.29, 0.717) is 24.6 Å². The number of anilines is 1. The van der Waals surface area contributed by atoms with Crippen LogP contribution >= 0.6 is 0 Å². The molecular weight excluding hydrogens is 412 g/mol. The molecule has 182 valence electrons. The van der Waals surface area contributed by atoms with Crippen LogP contribution in [0.5, 0.6) is 5.75 Å². The van der Waals surface area contributed by atoms with Crippen molar-refractivity contribution in [3.63, 3.8) is 0 Å². The zero-order valence-electron chi connectivity index (χ0n) is 20.8. The molecule has 1 aromatic carbocycles. The molecule has 5 aliphatic rings. The molecule has 0 radical (unpaired) electrons. The maximum atomic E-state index is 13.6. The molecule has 0 saturated carbocycles. The number of likely N-dealkylation sites (tertiary alicyclic amines) is 2. The van der Waals surface area contributed by atoms with Crippen molar-refractivity contribution in [1.29, 1.82) is 0 Å². The Morgan fingerprint density at radius 1 is 0.970 bits per heavy atom. The number of hydrogen-bond acceptors (Lipinski definition) is 4. The predicted octanol–water partition coefficient (Wildman–Crippen LogP) is 4.30. The number of amides is 2. The fourth-order valence-electron chi connectivity index (χ4n) is 6.91. The molecule has 5 saturated heterocycles. The van der Waals surface area contributed by atoms with E-state index in [9.17, 15) is 4.79 Å². The second kappa shape index (κ2) is 9.36. The molecule has 0 aromatic heterocycles.